The van der Waals surface area contributed by atoms with Crippen molar-refractivity contribution in [1.82, 2.24) is 10.2 Å². The van der Waals surface area contributed by atoms with E-state index in [0.717, 1.165) is 24.2 Å². The lowest BCUT2D eigenvalue weighted by atomic mass is 9.47. The van der Waals surface area contributed by atoms with E-state index in [2.05, 4.69) is 10.2 Å². The maximum absolute atomic E-state index is 14.2. The average molecular weight is 665 g/mol. The molecule has 3 aliphatic carbocycles. The summed E-state index contributed by atoms with van der Waals surface area (Å²) in [5, 5.41) is 3.49. The summed E-state index contributed by atoms with van der Waals surface area (Å²) < 4.78 is 22.1. The third-order valence-corrected chi connectivity index (χ3v) is 11.2. The van der Waals surface area contributed by atoms with Gasteiger partial charge in [0.25, 0.3) is 5.91 Å². The Hall–Kier alpha value is -5.03. The predicted molar refractivity (Wildman–Crippen MR) is 174 cm³/mol. The third-order valence-electron chi connectivity index (χ3n) is 11.2. The molecular weight excluding hydrogens is 628 g/mol. The molecular formula is C38H36N2O9. The lowest BCUT2D eigenvalue weighted by molar-refractivity contribution is -0.143. The molecule has 0 radical (unpaired) electrons. The van der Waals surface area contributed by atoms with Crippen molar-refractivity contribution in [3.05, 3.63) is 94.0 Å². The quantitative estimate of drug-likeness (QED) is 0.277. The molecule has 2 heterocycles. The van der Waals surface area contributed by atoms with E-state index in [1.807, 2.05) is 6.07 Å². The number of benzene rings is 3. The molecule has 2 bridgehead atoms. The number of likely N-dealkylation sites (tertiary alicyclic amines) is 1. The molecule has 3 aromatic carbocycles. The Kier molecular flexibility index (Phi) is 7.36. The average Bonchev–Trinajstić information content (AvgIpc) is 3.87. The number of carbonyl (C=O) groups excluding carboxylic acids is 5. The largest absolute Gasteiger partial charge is 0.477 e. The highest BCUT2D eigenvalue weighted by Gasteiger charge is 2.74. The predicted octanol–water partition coefficient (Wildman–Crippen LogP) is 4.05. The Bertz CT molecular complexity index is 1900. The minimum atomic E-state index is -0.873. The highest BCUT2D eigenvalue weighted by Crippen LogP contribution is 2.65. The number of hydrogen-bond acceptors (Lipinski definition) is 10. The van der Waals surface area contributed by atoms with Gasteiger partial charge >= 0.3 is 17.9 Å². The number of carbonyl (C=O) groups is 5. The summed E-state index contributed by atoms with van der Waals surface area (Å²) in [6.07, 6.45) is 3.40. The molecule has 1 amide bonds. The van der Waals surface area contributed by atoms with Gasteiger partial charge in [0.1, 0.15) is 0 Å². The van der Waals surface area contributed by atoms with Crippen molar-refractivity contribution in [3.8, 4) is 11.5 Å². The summed E-state index contributed by atoms with van der Waals surface area (Å²) >= 11 is 0. The van der Waals surface area contributed by atoms with Crippen LogP contribution in [0.3, 0.4) is 0 Å². The third kappa shape index (κ3) is 4.77. The molecule has 1 saturated heterocycles. The van der Waals surface area contributed by atoms with Gasteiger partial charge in [0.05, 0.1) is 41.9 Å². The molecule has 4 atom stereocenters. The summed E-state index contributed by atoms with van der Waals surface area (Å²) in [5.41, 5.74) is 1.40. The van der Waals surface area contributed by atoms with E-state index in [1.54, 1.807) is 30.3 Å². The second kappa shape index (κ2) is 11.5. The van der Waals surface area contributed by atoms with Crippen LogP contribution in [0.1, 0.15) is 84.7 Å². The van der Waals surface area contributed by atoms with Crippen molar-refractivity contribution in [2.24, 2.45) is 5.92 Å². The second-order valence-corrected chi connectivity index (χ2v) is 13.7. The van der Waals surface area contributed by atoms with Gasteiger partial charge < -0.3 is 24.3 Å². The zero-order valence-corrected chi connectivity index (χ0v) is 27.3. The SMILES string of the molecule is COC(=O)c1ccc(C(=O)N[C@@]23CCC(=O)C4Oc5c(OC(=O)c6ccc(C(=O)OC)cc6)ccc6c5[C@@]42CCN(CC2CC2)[C@@H]3C6)cc1. The van der Waals surface area contributed by atoms with Gasteiger partial charge in [-0.2, -0.15) is 0 Å². The van der Waals surface area contributed by atoms with Crippen LogP contribution in [0.2, 0.25) is 0 Å². The van der Waals surface area contributed by atoms with E-state index in [1.165, 1.54) is 51.3 Å². The van der Waals surface area contributed by atoms with Gasteiger partial charge in [-0.25, -0.2) is 14.4 Å². The minimum absolute atomic E-state index is 0.0403. The van der Waals surface area contributed by atoms with Gasteiger partial charge in [0.2, 0.25) is 0 Å². The standard InChI is InChI=1S/C38H36N2O9/c1-46-34(43)23-7-5-22(6-8-23)33(42)39-38-16-15-27(41)32-37(38)17-18-40(20-21-3-4-21)29(38)19-26-13-14-28(31(49-32)30(26)37)48-36(45)25-11-9-24(10-12-25)35(44)47-2/h5-14,21,29,32H,3-4,15-20H2,1-2H3,(H,39,42)/t29-,32?,37+,38-/m1/s1. The molecule has 49 heavy (non-hydrogen) atoms. The van der Waals surface area contributed by atoms with Gasteiger partial charge in [0, 0.05) is 30.1 Å². The van der Waals surface area contributed by atoms with Crippen LogP contribution in [0.5, 0.6) is 11.5 Å². The highest BCUT2D eigenvalue weighted by atomic mass is 16.6. The fourth-order valence-corrected chi connectivity index (χ4v) is 8.80. The number of methoxy groups -OCH3 is 2. The monoisotopic (exact) mass is 664 g/mol. The number of Topliss-reactive ketones (excluding diaryl/α,β-unsaturated/α-hetero) is 1. The molecule has 8 rings (SSSR count). The van der Waals surface area contributed by atoms with Gasteiger partial charge in [-0.1, -0.05) is 6.07 Å². The molecule has 252 valence electrons. The topological polar surface area (TPSA) is 138 Å². The van der Waals surface area contributed by atoms with E-state index in [-0.39, 0.29) is 35.5 Å². The molecule has 1 unspecified atom stereocenters. The van der Waals surface area contributed by atoms with Crippen molar-refractivity contribution in [2.45, 2.75) is 61.6 Å². The van der Waals surface area contributed by atoms with E-state index in [4.69, 9.17) is 18.9 Å². The first-order valence-corrected chi connectivity index (χ1v) is 16.7. The number of amides is 1. The van der Waals surface area contributed by atoms with Crippen LogP contribution >= 0.6 is 0 Å². The molecule has 11 nitrogen and oxygen atoms in total. The molecule has 11 heteroatoms. The molecule has 3 aromatic rings. The van der Waals surface area contributed by atoms with Crippen molar-refractivity contribution in [3.63, 3.8) is 0 Å². The number of esters is 3. The summed E-state index contributed by atoms with van der Waals surface area (Å²) in [6.45, 7) is 1.67. The number of ketones is 1. The number of nitrogens with zero attached hydrogens (tertiary/aromatic N) is 1. The van der Waals surface area contributed by atoms with E-state index in [0.29, 0.717) is 47.6 Å². The summed E-state index contributed by atoms with van der Waals surface area (Å²) in [7, 11) is 2.59. The van der Waals surface area contributed by atoms with E-state index < -0.39 is 35.0 Å². The van der Waals surface area contributed by atoms with E-state index in [9.17, 15) is 24.0 Å². The van der Waals surface area contributed by atoms with Crippen LogP contribution in [-0.2, 0) is 26.1 Å². The van der Waals surface area contributed by atoms with Crippen molar-refractivity contribution in [2.75, 3.05) is 27.3 Å². The normalized spacial score (nSPS) is 26.2. The minimum Gasteiger partial charge on any atom is -0.477 e. The fraction of sp³-hybridized carbons (Fsp3) is 0.395. The Balaban J connectivity index is 1.19. The van der Waals surface area contributed by atoms with Gasteiger partial charge in [-0.15, -0.1) is 0 Å². The second-order valence-electron chi connectivity index (χ2n) is 13.7. The van der Waals surface area contributed by atoms with Crippen LogP contribution in [0, 0.1) is 5.92 Å². The van der Waals surface area contributed by atoms with Crippen LogP contribution in [0.4, 0.5) is 0 Å². The molecule has 1 N–H and O–H groups in total. The smallest absolute Gasteiger partial charge is 0.343 e. The number of nitrogens with one attached hydrogen (secondary N) is 1. The summed E-state index contributed by atoms with van der Waals surface area (Å²) in [4.78, 5) is 67.8. The van der Waals surface area contributed by atoms with Crippen molar-refractivity contribution in [1.29, 1.82) is 0 Å². The first-order chi connectivity index (χ1) is 23.7. The molecule has 0 aromatic heterocycles. The highest BCUT2D eigenvalue weighted by molar-refractivity contribution is 5.98. The van der Waals surface area contributed by atoms with Gasteiger partial charge in [-0.05, 0) is 105 Å². The maximum atomic E-state index is 14.2. The van der Waals surface area contributed by atoms with Gasteiger partial charge in [0.15, 0.2) is 23.4 Å². The summed E-state index contributed by atoms with van der Waals surface area (Å²) in [6, 6.07) is 15.9. The Morgan fingerprint density at radius 3 is 2.06 bits per heavy atom. The summed E-state index contributed by atoms with van der Waals surface area (Å²) in [5.74, 6) is -0.789. The van der Waals surface area contributed by atoms with Crippen molar-refractivity contribution >= 4 is 29.6 Å². The van der Waals surface area contributed by atoms with E-state index >= 15 is 0 Å². The molecule has 3 fully saturated rings. The first-order valence-electron chi connectivity index (χ1n) is 16.7. The van der Waals surface area contributed by atoms with Crippen LogP contribution in [0.25, 0.3) is 0 Å². The lowest BCUT2D eigenvalue weighted by Gasteiger charge is -2.65. The number of rotatable bonds is 8. The molecule has 5 aliphatic rings. The Labute approximate surface area is 282 Å². The zero-order chi connectivity index (χ0) is 34.1. The Morgan fingerprint density at radius 2 is 1.45 bits per heavy atom. The molecule has 2 saturated carbocycles. The van der Waals surface area contributed by atoms with Gasteiger partial charge in [-0.3, -0.25) is 14.5 Å². The zero-order valence-electron chi connectivity index (χ0n) is 27.3. The number of ether oxygens (including phenoxy) is 4. The fourth-order valence-electron chi connectivity index (χ4n) is 8.80. The molecule has 2 aliphatic heterocycles. The van der Waals surface area contributed by atoms with Crippen LogP contribution in [-0.4, -0.2) is 79.5 Å². The van der Waals surface area contributed by atoms with Crippen molar-refractivity contribution < 1.29 is 42.9 Å². The lowest BCUT2D eigenvalue weighted by Crippen LogP contribution is -2.81. The van der Waals surface area contributed by atoms with Crippen LogP contribution < -0.4 is 14.8 Å². The Morgan fingerprint density at radius 1 is 0.837 bits per heavy atom. The molecule has 1 spiro atoms. The number of hydrogen-bond donors (Lipinski definition) is 1. The first kappa shape index (κ1) is 31.3. The maximum Gasteiger partial charge on any atom is 0.343 e. The van der Waals surface area contributed by atoms with Crippen LogP contribution in [0.15, 0.2) is 60.7 Å². The number of piperidine rings is 1.